The topological polar surface area (TPSA) is 12.5 Å². The second-order valence-electron chi connectivity index (χ2n) is 13.2. The summed E-state index contributed by atoms with van der Waals surface area (Å²) in [6.45, 7) is 13.0. The Morgan fingerprint density at radius 3 is 1.73 bits per heavy atom. The Kier molecular flexibility index (Phi) is 6.54. The summed E-state index contributed by atoms with van der Waals surface area (Å²) in [6, 6.07) is 58.1. The Hall–Kier alpha value is -6.37. The maximum Gasteiger partial charge on any atom is 0.211 e. The van der Waals surface area contributed by atoms with Crippen molar-refractivity contribution in [2.24, 2.45) is 0 Å². The molecule has 1 aliphatic rings. The van der Waals surface area contributed by atoms with E-state index < -0.39 is 0 Å². The standard InChI is InChI=1S/C46H33N3/c1-46(2)38-25-11-14-29-42(38)48(31-17-5-4-6-18-31)43-30-16-23-36(44(43)46)32-19-7-8-20-33(32)37-24-15-26-39(47-3)45(37)49-40-27-12-9-21-34(40)35-22-10-13-28-41(35)49/h4-30H,1-2H3. The van der Waals surface area contributed by atoms with E-state index in [0.29, 0.717) is 5.69 Å². The summed E-state index contributed by atoms with van der Waals surface area (Å²) in [5, 5.41) is 2.35. The third-order valence-corrected chi connectivity index (χ3v) is 10.2. The highest BCUT2D eigenvalue weighted by molar-refractivity contribution is 6.10. The first-order valence-electron chi connectivity index (χ1n) is 16.7. The van der Waals surface area contributed by atoms with Crippen molar-refractivity contribution in [3.05, 3.63) is 186 Å². The Morgan fingerprint density at radius 1 is 0.490 bits per heavy atom. The van der Waals surface area contributed by atoms with Crippen molar-refractivity contribution in [1.29, 1.82) is 0 Å². The van der Waals surface area contributed by atoms with Crippen molar-refractivity contribution < 1.29 is 0 Å². The van der Waals surface area contributed by atoms with Crippen LogP contribution in [0.15, 0.2) is 164 Å². The van der Waals surface area contributed by atoms with Crippen LogP contribution in [-0.4, -0.2) is 4.57 Å². The lowest BCUT2D eigenvalue weighted by Crippen LogP contribution is -2.31. The van der Waals surface area contributed by atoms with E-state index in [4.69, 9.17) is 6.57 Å². The van der Waals surface area contributed by atoms with Gasteiger partial charge >= 0.3 is 0 Å². The Labute approximate surface area is 286 Å². The van der Waals surface area contributed by atoms with Gasteiger partial charge < -0.3 is 9.47 Å². The molecule has 7 aromatic carbocycles. The first-order valence-corrected chi connectivity index (χ1v) is 16.7. The predicted molar refractivity (Wildman–Crippen MR) is 205 cm³/mol. The molecule has 3 heteroatoms. The highest BCUT2D eigenvalue weighted by Gasteiger charge is 2.39. The molecule has 0 atom stereocenters. The van der Waals surface area contributed by atoms with Crippen molar-refractivity contribution >= 4 is 44.6 Å². The van der Waals surface area contributed by atoms with E-state index in [1.807, 2.05) is 12.1 Å². The fraction of sp³-hybridized carbons (Fsp3) is 0.0652. The summed E-state index contributed by atoms with van der Waals surface area (Å²) in [5.74, 6) is 0. The first-order chi connectivity index (χ1) is 24.1. The maximum atomic E-state index is 8.34. The fourth-order valence-electron chi connectivity index (χ4n) is 8.11. The van der Waals surface area contributed by atoms with Crippen LogP contribution in [0.3, 0.4) is 0 Å². The van der Waals surface area contributed by atoms with Crippen LogP contribution in [0.25, 0.3) is 54.6 Å². The van der Waals surface area contributed by atoms with Gasteiger partial charge in [-0.15, -0.1) is 0 Å². The van der Waals surface area contributed by atoms with Crippen LogP contribution >= 0.6 is 0 Å². The van der Waals surface area contributed by atoms with E-state index in [1.165, 1.54) is 38.8 Å². The van der Waals surface area contributed by atoms with Gasteiger partial charge in [0.2, 0.25) is 5.69 Å². The number of fused-ring (bicyclic) bond motifs is 5. The molecule has 1 aromatic heterocycles. The molecule has 8 aromatic rings. The van der Waals surface area contributed by atoms with Gasteiger partial charge in [-0.05, 0) is 69.8 Å². The quantitative estimate of drug-likeness (QED) is 0.177. The van der Waals surface area contributed by atoms with Crippen LogP contribution < -0.4 is 4.90 Å². The fourth-order valence-corrected chi connectivity index (χ4v) is 8.11. The number of benzene rings is 7. The third-order valence-electron chi connectivity index (χ3n) is 10.2. The molecule has 9 rings (SSSR count). The third kappa shape index (κ3) is 4.28. The molecule has 0 bridgehead atoms. The molecule has 0 radical (unpaired) electrons. The first kappa shape index (κ1) is 28.8. The number of hydrogen-bond donors (Lipinski definition) is 0. The normalized spacial score (nSPS) is 13.2. The van der Waals surface area contributed by atoms with Gasteiger partial charge in [0.1, 0.15) is 0 Å². The lowest BCUT2D eigenvalue weighted by atomic mass is 9.70. The molecule has 0 saturated heterocycles. The Morgan fingerprint density at radius 2 is 1.02 bits per heavy atom. The van der Waals surface area contributed by atoms with E-state index in [1.54, 1.807) is 0 Å². The summed E-state index contributed by atoms with van der Waals surface area (Å²) >= 11 is 0. The SMILES string of the molecule is [C-]#[N+]c1cccc(-c2ccccc2-c2cccc3c2C(C)(C)c2ccccc2N3c2ccccc2)c1-n1c2ccccc2c2ccccc21. The average Bonchev–Trinajstić information content (AvgIpc) is 3.49. The predicted octanol–water partition coefficient (Wildman–Crippen LogP) is 12.8. The van der Waals surface area contributed by atoms with Gasteiger partial charge in [0.05, 0.1) is 34.7 Å². The van der Waals surface area contributed by atoms with Gasteiger partial charge in [0.15, 0.2) is 0 Å². The summed E-state index contributed by atoms with van der Waals surface area (Å²) in [7, 11) is 0. The van der Waals surface area contributed by atoms with Crippen molar-refractivity contribution in [1.82, 2.24) is 4.57 Å². The summed E-state index contributed by atoms with van der Waals surface area (Å²) in [4.78, 5) is 6.52. The molecule has 2 heterocycles. The maximum absolute atomic E-state index is 8.34. The zero-order chi connectivity index (χ0) is 33.1. The zero-order valence-electron chi connectivity index (χ0n) is 27.4. The molecule has 49 heavy (non-hydrogen) atoms. The number of hydrogen-bond acceptors (Lipinski definition) is 1. The second kappa shape index (κ2) is 11.1. The zero-order valence-corrected chi connectivity index (χ0v) is 27.4. The highest BCUT2D eigenvalue weighted by Crippen LogP contribution is 2.55. The monoisotopic (exact) mass is 627 g/mol. The summed E-state index contributed by atoms with van der Waals surface area (Å²) in [6.07, 6.45) is 0. The number of aromatic nitrogens is 1. The van der Waals surface area contributed by atoms with E-state index >= 15 is 0 Å². The van der Waals surface area contributed by atoms with Crippen LogP contribution in [0.1, 0.15) is 25.0 Å². The van der Waals surface area contributed by atoms with E-state index in [2.05, 4.69) is 180 Å². The van der Waals surface area contributed by atoms with Crippen molar-refractivity contribution in [2.45, 2.75) is 19.3 Å². The van der Waals surface area contributed by atoms with Crippen LogP contribution in [-0.2, 0) is 5.41 Å². The molecule has 3 nitrogen and oxygen atoms in total. The number of rotatable bonds is 4. The minimum Gasteiger partial charge on any atom is -0.318 e. The molecule has 0 saturated carbocycles. The number of anilines is 3. The smallest absolute Gasteiger partial charge is 0.211 e. The van der Waals surface area contributed by atoms with Crippen molar-refractivity contribution in [3.8, 4) is 27.9 Å². The molecule has 1 aliphatic heterocycles. The highest BCUT2D eigenvalue weighted by atomic mass is 15.2. The van der Waals surface area contributed by atoms with Gasteiger partial charge in [-0.2, -0.15) is 0 Å². The number of para-hydroxylation sites is 5. The molecule has 0 fully saturated rings. The van der Waals surface area contributed by atoms with Gasteiger partial charge in [0, 0.05) is 21.9 Å². The van der Waals surface area contributed by atoms with Crippen LogP contribution in [0, 0.1) is 6.57 Å². The summed E-state index contributed by atoms with van der Waals surface area (Å²) < 4.78 is 2.29. The summed E-state index contributed by atoms with van der Waals surface area (Å²) in [5.41, 5.74) is 14.0. The molecule has 0 unspecified atom stereocenters. The van der Waals surface area contributed by atoms with Gasteiger partial charge in [-0.1, -0.05) is 141 Å². The minimum absolute atomic E-state index is 0.283. The Bertz CT molecular complexity index is 2550. The van der Waals surface area contributed by atoms with E-state index in [-0.39, 0.29) is 5.41 Å². The van der Waals surface area contributed by atoms with Crippen LogP contribution in [0.2, 0.25) is 0 Å². The van der Waals surface area contributed by atoms with Crippen LogP contribution in [0.4, 0.5) is 22.7 Å². The second-order valence-corrected chi connectivity index (χ2v) is 13.2. The average molecular weight is 628 g/mol. The minimum atomic E-state index is -0.283. The van der Waals surface area contributed by atoms with Gasteiger partial charge in [0.25, 0.3) is 0 Å². The molecule has 0 aliphatic carbocycles. The number of nitrogens with zero attached hydrogens (tertiary/aromatic N) is 3. The molecular weight excluding hydrogens is 595 g/mol. The molecular formula is C46H33N3. The van der Waals surface area contributed by atoms with E-state index in [9.17, 15) is 0 Å². The lowest BCUT2D eigenvalue weighted by molar-refractivity contribution is 0.634. The largest absolute Gasteiger partial charge is 0.318 e. The Balaban J connectivity index is 1.34. The molecule has 0 N–H and O–H groups in total. The van der Waals surface area contributed by atoms with Crippen LogP contribution in [0.5, 0.6) is 0 Å². The molecule has 0 spiro atoms. The van der Waals surface area contributed by atoms with Gasteiger partial charge in [-0.25, -0.2) is 4.85 Å². The van der Waals surface area contributed by atoms with Crippen molar-refractivity contribution in [3.63, 3.8) is 0 Å². The van der Waals surface area contributed by atoms with Gasteiger partial charge in [-0.3, -0.25) is 0 Å². The molecule has 0 amide bonds. The lowest BCUT2D eigenvalue weighted by Gasteiger charge is -2.43. The van der Waals surface area contributed by atoms with Crippen molar-refractivity contribution in [2.75, 3.05) is 4.90 Å². The molecule has 232 valence electrons. The van der Waals surface area contributed by atoms with E-state index in [0.717, 1.165) is 39.1 Å².